The molecule has 11 heteroatoms. The molecule has 5 aliphatic rings. The van der Waals surface area contributed by atoms with Crippen molar-refractivity contribution in [3.63, 3.8) is 0 Å². The third kappa shape index (κ3) is 5.95. The number of phenols is 1. The molecular weight excluding hydrogens is 534 g/mol. The van der Waals surface area contributed by atoms with Gasteiger partial charge in [0.1, 0.15) is 11.8 Å². The molecule has 4 saturated heterocycles. The Kier molecular flexibility index (Phi) is 8.61. The van der Waals surface area contributed by atoms with Crippen LogP contribution >= 0.6 is 0 Å². The summed E-state index contributed by atoms with van der Waals surface area (Å²) >= 11 is 0. The van der Waals surface area contributed by atoms with Gasteiger partial charge in [-0.05, 0) is 62.6 Å². The Labute approximate surface area is 240 Å². The van der Waals surface area contributed by atoms with Crippen LogP contribution in [0.3, 0.4) is 0 Å². The zero-order valence-electron chi connectivity index (χ0n) is 24.1. The maximum atomic E-state index is 12.9. The second-order valence-corrected chi connectivity index (χ2v) is 12.0. The van der Waals surface area contributed by atoms with E-state index >= 15 is 0 Å². The summed E-state index contributed by atoms with van der Waals surface area (Å²) in [5, 5.41) is 12.2. The van der Waals surface area contributed by atoms with Gasteiger partial charge in [0.05, 0.1) is 13.0 Å². The number of ether oxygens (including phenoxy) is 4. The highest BCUT2D eigenvalue weighted by molar-refractivity contribution is 5.86. The van der Waals surface area contributed by atoms with Crippen LogP contribution in [-0.4, -0.2) is 59.6 Å². The number of benzene rings is 1. The van der Waals surface area contributed by atoms with Crippen molar-refractivity contribution in [1.82, 2.24) is 5.32 Å². The van der Waals surface area contributed by atoms with E-state index in [4.69, 9.17) is 28.7 Å². The molecule has 0 unspecified atom stereocenters. The minimum atomic E-state index is -0.936. The molecule has 4 heterocycles. The number of nitrogens with one attached hydrogen (secondary N) is 1. The zero-order valence-corrected chi connectivity index (χ0v) is 24.1. The lowest BCUT2D eigenvalue weighted by molar-refractivity contribution is -0.576. The van der Waals surface area contributed by atoms with E-state index in [1.54, 1.807) is 19.1 Å². The van der Waals surface area contributed by atoms with Crippen LogP contribution in [-0.2, 0) is 49.5 Å². The van der Waals surface area contributed by atoms with Crippen LogP contribution in [0, 0.1) is 23.7 Å². The first kappa shape index (κ1) is 29.8. The van der Waals surface area contributed by atoms with Gasteiger partial charge in [0, 0.05) is 31.1 Å². The summed E-state index contributed by atoms with van der Waals surface area (Å²) in [6, 6.07) is 5.40. The second-order valence-electron chi connectivity index (χ2n) is 12.0. The predicted molar refractivity (Wildman–Crippen MR) is 143 cm³/mol. The molecular formula is C30H41NO10. The molecule has 1 aromatic carbocycles. The van der Waals surface area contributed by atoms with Gasteiger partial charge < -0.3 is 29.4 Å². The average molecular weight is 576 g/mol. The first-order chi connectivity index (χ1) is 19.5. The third-order valence-electron chi connectivity index (χ3n) is 9.18. The maximum Gasteiger partial charge on any atom is 0.328 e. The van der Waals surface area contributed by atoms with Crippen LogP contribution in [0.25, 0.3) is 0 Å². The van der Waals surface area contributed by atoms with Crippen molar-refractivity contribution in [2.45, 2.75) is 103 Å². The van der Waals surface area contributed by atoms with Gasteiger partial charge in [0.2, 0.25) is 18.0 Å². The number of fused-ring (bicyclic) bond motifs is 2. The fourth-order valence-corrected chi connectivity index (χ4v) is 6.98. The normalized spacial score (nSPS) is 36.4. The van der Waals surface area contributed by atoms with Gasteiger partial charge in [0.15, 0.2) is 11.9 Å². The summed E-state index contributed by atoms with van der Waals surface area (Å²) in [6.45, 7) is 7.90. The number of carbonyl (C=O) groups is 3. The Morgan fingerprint density at radius 3 is 2.56 bits per heavy atom. The maximum absolute atomic E-state index is 12.9. The Bertz CT molecular complexity index is 1130. The largest absolute Gasteiger partial charge is 0.508 e. The zero-order chi connectivity index (χ0) is 29.4. The number of hydrogen-bond acceptors (Lipinski definition) is 10. The van der Waals surface area contributed by atoms with Crippen molar-refractivity contribution in [3.8, 4) is 5.75 Å². The molecule has 0 radical (unpaired) electrons. The number of carbonyl (C=O) groups excluding carboxylic acids is 3. The SMILES string of the molecule is CCOC(=O)[C@@H](Cc1ccc(O)cc1)NC(=O)CCC(=O)O[C@H]1O[C@@H]2O[C@@]3(C)CC[C@@H]4[C@H](C)CC[C@H]([C@H]1C)[C@]24OO3. The molecule has 1 saturated carbocycles. The van der Waals surface area contributed by atoms with E-state index in [-0.39, 0.29) is 49.4 Å². The van der Waals surface area contributed by atoms with Crippen molar-refractivity contribution in [2.24, 2.45) is 23.7 Å². The van der Waals surface area contributed by atoms with E-state index in [1.807, 2.05) is 13.8 Å². The fraction of sp³-hybridized carbons (Fsp3) is 0.700. The molecule has 226 valence electrons. The van der Waals surface area contributed by atoms with Crippen LogP contribution in [0.1, 0.15) is 71.8 Å². The summed E-state index contributed by atoms with van der Waals surface area (Å²) in [5.74, 6) is -2.02. The Morgan fingerprint density at radius 1 is 1.07 bits per heavy atom. The van der Waals surface area contributed by atoms with Crippen LogP contribution in [0.15, 0.2) is 24.3 Å². The molecule has 41 heavy (non-hydrogen) atoms. The predicted octanol–water partition coefficient (Wildman–Crippen LogP) is 3.51. The fourth-order valence-electron chi connectivity index (χ4n) is 6.98. The molecule has 9 atom stereocenters. The van der Waals surface area contributed by atoms with Gasteiger partial charge in [0.25, 0.3) is 0 Å². The van der Waals surface area contributed by atoms with Crippen LogP contribution in [0.4, 0.5) is 0 Å². The van der Waals surface area contributed by atoms with Crippen molar-refractivity contribution < 1.29 is 48.2 Å². The lowest BCUT2D eigenvalue weighted by Gasteiger charge is -2.59. The van der Waals surface area contributed by atoms with Gasteiger partial charge in [-0.15, -0.1) is 0 Å². The monoisotopic (exact) mass is 575 g/mol. The van der Waals surface area contributed by atoms with Crippen LogP contribution in [0.5, 0.6) is 5.75 Å². The first-order valence-corrected chi connectivity index (χ1v) is 14.7. The molecule has 1 amide bonds. The third-order valence-corrected chi connectivity index (χ3v) is 9.18. The van der Waals surface area contributed by atoms with Gasteiger partial charge in [-0.25, -0.2) is 14.6 Å². The summed E-state index contributed by atoms with van der Waals surface area (Å²) in [6.07, 6.45) is 1.72. The first-order valence-electron chi connectivity index (χ1n) is 14.7. The Hall–Kier alpha value is -2.73. The lowest BCUT2D eigenvalue weighted by atomic mass is 9.58. The van der Waals surface area contributed by atoms with E-state index in [0.717, 1.165) is 24.8 Å². The molecule has 1 aliphatic carbocycles. The number of hydrogen-bond donors (Lipinski definition) is 2. The highest BCUT2D eigenvalue weighted by atomic mass is 17.3. The highest BCUT2D eigenvalue weighted by Crippen LogP contribution is 2.60. The second kappa shape index (κ2) is 11.9. The smallest absolute Gasteiger partial charge is 0.328 e. The molecule has 11 nitrogen and oxygen atoms in total. The number of amides is 1. The summed E-state index contributed by atoms with van der Waals surface area (Å²) in [5.41, 5.74) is -0.0195. The quantitative estimate of drug-likeness (QED) is 0.332. The van der Waals surface area contributed by atoms with Gasteiger partial charge in [-0.2, -0.15) is 0 Å². The molecule has 2 bridgehead atoms. The number of phenolic OH excluding ortho intramolecular Hbond substituents is 1. The van der Waals surface area contributed by atoms with Crippen molar-refractivity contribution in [1.29, 1.82) is 0 Å². The average Bonchev–Trinajstić information content (AvgIpc) is 3.17. The highest BCUT2D eigenvalue weighted by Gasteiger charge is 2.69. The van der Waals surface area contributed by atoms with E-state index in [2.05, 4.69) is 12.2 Å². The van der Waals surface area contributed by atoms with Crippen molar-refractivity contribution in [2.75, 3.05) is 6.61 Å². The molecule has 1 aromatic rings. The number of esters is 2. The van der Waals surface area contributed by atoms with E-state index in [1.165, 1.54) is 12.1 Å². The summed E-state index contributed by atoms with van der Waals surface area (Å²) in [7, 11) is 0. The van der Waals surface area contributed by atoms with Gasteiger partial charge >= 0.3 is 11.9 Å². The molecule has 5 fully saturated rings. The summed E-state index contributed by atoms with van der Waals surface area (Å²) in [4.78, 5) is 50.0. The van der Waals surface area contributed by atoms with Crippen LogP contribution < -0.4 is 5.32 Å². The number of rotatable bonds is 9. The van der Waals surface area contributed by atoms with E-state index in [0.29, 0.717) is 12.3 Å². The van der Waals surface area contributed by atoms with Gasteiger partial charge in [-0.3, -0.25) is 9.59 Å². The van der Waals surface area contributed by atoms with Crippen molar-refractivity contribution >= 4 is 17.8 Å². The minimum Gasteiger partial charge on any atom is -0.508 e. The minimum absolute atomic E-state index is 0.0106. The molecule has 6 rings (SSSR count). The van der Waals surface area contributed by atoms with Crippen molar-refractivity contribution in [3.05, 3.63) is 29.8 Å². The molecule has 1 spiro atoms. The topological polar surface area (TPSA) is 139 Å². The molecule has 0 aromatic heterocycles. The van der Waals surface area contributed by atoms with Gasteiger partial charge in [-0.1, -0.05) is 26.0 Å². The number of aromatic hydroxyl groups is 1. The molecule has 4 aliphatic heterocycles. The molecule has 2 N–H and O–H groups in total. The van der Waals surface area contributed by atoms with Crippen LogP contribution in [0.2, 0.25) is 0 Å². The Morgan fingerprint density at radius 2 is 1.83 bits per heavy atom. The lowest BCUT2D eigenvalue weighted by Crippen LogP contribution is -2.70. The Balaban J connectivity index is 1.19. The standard InChI is InChI=1S/C30H41NO10/c1-5-36-26(35)23(16-19-7-9-20(32)10-8-19)31-24(33)12-13-25(34)37-27-18(3)22-11-6-17(2)21-14-15-29(4)39-28(38-27)30(21,22)41-40-29/h7-10,17-18,21-23,27-28,32H,5-6,11-16H2,1-4H3,(H,31,33)/t17-,18-,21-,22-,23-,27+,28-,29-,30+/m1/s1. The van der Waals surface area contributed by atoms with E-state index < -0.39 is 47.9 Å². The summed E-state index contributed by atoms with van der Waals surface area (Å²) < 4.78 is 23.5. The van der Waals surface area contributed by atoms with E-state index in [9.17, 15) is 19.5 Å².